The Labute approximate surface area is 96.5 Å². The molecule has 88 valence electrons. The van der Waals surface area contributed by atoms with Crippen molar-refractivity contribution in [2.24, 2.45) is 5.41 Å². The molecule has 1 heterocycles. The number of imidazole rings is 1. The topological polar surface area (TPSA) is 85.9 Å². The van der Waals surface area contributed by atoms with Crippen molar-refractivity contribution in [3.63, 3.8) is 0 Å². The van der Waals surface area contributed by atoms with Crippen LogP contribution in [0, 0.1) is 5.41 Å². The summed E-state index contributed by atoms with van der Waals surface area (Å²) in [5, 5.41) is 9.12. The molecule has 5 nitrogen and oxygen atoms in total. The van der Waals surface area contributed by atoms with Crippen molar-refractivity contribution >= 4 is 17.0 Å². The molecule has 3 N–H and O–H groups in total. The predicted octanol–water partition coefficient (Wildman–Crippen LogP) is 1.26. The second kappa shape index (κ2) is 3.23. The van der Waals surface area contributed by atoms with Gasteiger partial charge < -0.3 is 15.1 Å². The molecule has 0 atom stereocenters. The highest BCUT2D eigenvalue weighted by Gasteiger charge is 2.49. The van der Waals surface area contributed by atoms with Crippen molar-refractivity contribution in [1.82, 2.24) is 9.97 Å². The van der Waals surface area contributed by atoms with Gasteiger partial charge in [0.05, 0.1) is 16.4 Å². The Morgan fingerprint density at radius 2 is 2.00 bits per heavy atom. The van der Waals surface area contributed by atoms with Crippen LogP contribution in [0.1, 0.15) is 18.4 Å². The van der Waals surface area contributed by atoms with Crippen molar-refractivity contribution in [2.75, 3.05) is 0 Å². The summed E-state index contributed by atoms with van der Waals surface area (Å²) in [6, 6.07) is 5.52. The summed E-state index contributed by atoms with van der Waals surface area (Å²) in [4.78, 5) is 27.5. The van der Waals surface area contributed by atoms with Crippen molar-refractivity contribution in [3.8, 4) is 0 Å². The number of fused-ring (bicyclic) bond motifs is 1. The molecule has 0 amide bonds. The number of rotatable bonds is 3. The first-order valence-corrected chi connectivity index (χ1v) is 5.53. The summed E-state index contributed by atoms with van der Waals surface area (Å²) in [5.41, 5.74) is 1.63. The number of aromatic nitrogens is 2. The van der Waals surface area contributed by atoms with E-state index in [9.17, 15) is 9.59 Å². The number of hydrogen-bond acceptors (Lipinski definition) is 2. The average Bonchev–Trinajstić information content (AvgIpc) is 2.94. The van der Waals surface area contributed by atoms with E-state index in [4.69, 9.17) is 5.11 Å². The lowest BCUT2D eigenvalue weighted by Gasteiger charge is -2.09. The highest BCUT2D eigenvalue weighted by atomic mass is 16.4. The quantitative estimate of drug-likeness (QED) is 0.744. The molecule has 1 aliphatic carbocycles. The first-order chi connectivity index (χ1) is 8.09. The van der Waals surface area contributed by atoms with Gasteiger partial charge in [-0.1, -0.05) is 6.07 Å². The first kappa shape index (κ1) is 10.1. The van der Waals surface area contributed by atoms with E-state index in [2.05, 4.69) is 9.97 Å². The fraction of sp³-hybridized carbons (Fsp3) is 0.333. The van der Waals surface area contributed by atoms with Gasteiger partial charge in [0.2, 0.25) is 0 Å². The lowest BCUT2D eigenvalue weighted by molar-refractivity contribution is -0.143. The van der Waals surface area contributed by atoms with Crippen LogP contribution in [0.5, 0.6) is 0 Å². The third kappa shape index (κ3) is 1.63. The Balaban J connectivity index is 1.96. The van der Waals surface area contributed by atoms with Gasteiger partial charge >= 0.3 is 11.7 Å². The van der Waals surface area contributed by atoms with E-state index in [-0.39, 0.29) is 5.69 Å². The van der Waals surface area contributed by atoms with Gasteiger partial charge in [-0.2, -0.15) is 0 Å². The molecule has 1 aromatic heterocycles. The molecule has 17 heavy (non-hydrogen) atoms. The fourth-order valence-electron chi connectivity index (χ4n) is 2.20. The summed E-state index contributed by atoms with van der Waals surface area (Å²) < 4.78 is 0. The van der Waals surface area contributed by atoms with Crippen molar-refractivity contribution in [3.05, 3.63) is 34.2 Å². The number of carbonyl (C=O) groups is 1. The average molecular weight is 232 g/mol. The lowest BCUT2D eigenvalue weighted by atomic mass is 9.96. The summed E-state index contributed by atoms with van der Waals surface area (Å²) in [5.74, 6) is -0.722. The number of hydrogen-bond donors (Lipinski definition) is 3. The minimum Gasteiger partial charge on any atom is -0.481 e. The second-order valence-corrected chi connectivity index (χ2v) is 4.72. The normalized spacial score (nSPS) is 17.2. The molecule has 0 unspecified atom stereocenters. The maximum absolute atomic E-state index is 11.1. The highest BCUT2D eigenvalue weighted by Crippen LogP contribution is 2.48. The summed E-state index contributed by atoms with van der Waals surface area (Å²) in [6.07, 6.45) is 2.01. The number of carboxylic acids is 1. The molecule has 0 aliphatic heterocycles. The first-order valence-electron chi connectivity index (χ1n) is 5.53. The van der Waals surface area contributed by atoms with E-state index >= 15 is 0 Å². The highest BCUT2D eigenvalue weighted by molar-refractivity contribution is 5.79. The molecule has 1 aliphatic rings. The van der Waals surface area contributed by atoms with Crippen molar-refractivity contribution in [1.29, 1.82) is 0 Å². The summed E-state index contributed by atoms with van der Waals surface area (Å²) >= 11 is 0. The maximum Gasteiger partial charge on any atom is 0.323 e. The zero-order valence-corrected chi connectivity index (χ0v) is 9.12. The Morgan fingerprint density at radius 3 is 2.65 bits per heavy atom. The number of carboxylic acid groups (broad SMARTS) is 1. The van der Waals surface area contributed by atoms with Gasteiger partial charge in [0.15, 0.2) is 0 Å². The molecule has 1 fully saturated rings. The standard InChI is InChI=1S/C12H12N2O3/c15-10(16)12(3-4-12)6-7-1-2-8-9(5-7)14-11(17)13-8/h1-2,5H,3-4,6H2,(H,15,16)(H2,13,14,17). The fourth-order valence-corrected chi connectivity index (χ4v) is 2.20. The molecule has 1 saturated carbocycles. The number of aromatic amines is 2. The van der Waals surface area contributed by atoms with Crippen LogP contribution >= 0.6 is 0 Å². The van der Waals surface area contributed by atoms with E-state index in [0.29, 0.717) is 6.42 Å². The third-order valence-electron chi connectivity index (χ3n) is 3.43. The summed E-state index contributed by atoms with van der Waals surface area (Å²) in [6.45, 7) is 0. The zero-order valence-electron chi connectivity index (χ0n) is 9.12. The van der Waals surface area contributed by atoms with Crippen LogP contribution in [-0.4, -0.2) is 21.0 Å². The molecule has 0 saturated heterocycles. The zero-order chi connectivity index (χ0) is 12.0. The molecule has 3 rings (SSSR count). The molecular formula is C12H12N2O3. The number of nitrogens with one attached hydrogen (secondary N) is 2. The molecule has 0 bridgehead atoms. The molecular weight excluding hydrogens is 220 g/mol. The van der Waals surface area contributed by atoms with Gasteiger partial charge in [-0.05, 0) is 37.0 Å². The number of aliphatic carboxylic acids is 1. The van der Waals surface area contributed by atoms with Gasteiger partial charge in [-0.15, -0.1) is 0 Å². The maximum atomic E-state index is 11.1. The molecule has 5 heteroatoms. The van der Waals surface area contributed by atoms with Gasteiger partial charge in [0.1, 0.15) is 0 Å². The van der Waals surface area contributed by atoms with Crippen LogP contribution in [0.15, 0.2) is 23.0 Å². The predicted molar refractivity (Wildman–Crippen MR) is 61.9 cm³/mol. The number of benzene rings is 1. The Hall–Kier alpha value is -2.04. The van der Waals surface area contributed by atoms with E-state index in [1.165, 1.54) is 0 Å². The van der Waals surface area contributed by atoms with Gasteiger partial charge in [-0.3, -0.25) is 4.79 Å². The third-order valence-corrected chi connectivity index (χ3v) is 3.43. The minimum absolute atomic E-state index is 0.239. The Morgan fingerprint density at radius 1 is 1.29 bits per heavy atom. The van der Waals surface area contributed by atoms with E-state index in [0.717, 1.165) is 29.4 Å². The van der Waals surface area contributed by atoms with Gasteiger partial charge in [0.25, 0.3) is 0 Å². The second-order valence-electron chi connectivity index (χ2n) is 4.72. The van der Waals surface area contributed by atoms with Crippen molar-refractivity contribution < 1.29 is 9.90 Å². The van der Waals surface area contributed by atoms with E-state index in [1.54, 1.807) is 6.07 Å². The van der Waals surface area contributed by atoms with Crippen LogP contribution in [-0.2, 0) is 11.2 Å². The largest absolute Gasteiger partial charge is 0.481 e. The van der Waals surface area contributed by atoms with E-state index < -0.39 is 11.4 Å². The Bertz CT molecular complexity index is 649. The van der Waals surface area contributed by atoms with Crippen LogP contribution in [0.25, 0.3) is 11.0 Å². The Kier molecular flexibility index (Phi) is 1.92. The summed E-state index contributed by atoms with van der Waals surface area (Å²) in [7, 11) is 0. The number of H-pyrrole nitrogens is 2. The molecule has 2 aromatic rings. The monoisotopic (exact) mass is 232 g/mol. The van der Waals surface area contributed by atoms with Crippen LogP contribution in [0.2, 0.25) is 0 Å². The van der Waals surface area contributed by atoms with Gasteiger partial charge in [-0.25, -0.2) is 4.79 Å². The van der Waals surface area contributed by atoms with Gasteiger partial charge in [0, 0.05) is 0 Å². The SMILES string of the molecule is O=C(O)C1(Cc2ccc3[nH]c(=O)[nH]c3c2)CC1. The van der Waals surface area contributed by atoms with Crippen LogP contribution in [0.3, 0.4) is 0 Å². The van der Waals surface area contributed by atoms with E-state index in [1.807, 2.05) is 12.1 Å². The molecule has 0 radical (unpaired) electrons. The molecule has 0 spiro atoms. The lowest BCUT2D eigenvalue weighted by Crippen LogP contribution is -2.17. The van der Waals surface area contributed by atoms with Crippen LogP contribution < -0.4 is 5.69 Å². The smallest absolute Gasteiger partial charge is 0.323 e. The minimum atomic E-state index is -0.722. The van der Waals surface area contributed by atoms with Crippen LogP contribution in [0.4, 0.5) is 0 Å². The molecule has 1 aromatic carbocycles. The van der Waals surface area contributed by atoms with Crippen molar-refractivity contribution in [2.45, 2.75) is 19.3 Å².